The van der Waals surface area contributed by atoms with Crippen molar-refractivity contribution in [1.29, 1.82) is 0 Å². The SMILES string of the molecule is CC1C2CNCC2CN1Cc1nnc(-c2cccs2)o1. The fraction of sp³-hybridized carbons (Fsp3) is 0.571. The zero-order chi connectivity index (χ0) is 13.5. The molecule has 4 rings (SSSR count). The van der Waals surface area contributed by atoms with Gasteiger partial charge in [-0.25, -0.2) is 0 Å². The molecule has 2 aromatic heterocycles. The maximum Gasteiger partial charge on any atom is 0.257 e. The average Bonchev–Trinajstić information content (AvgIpc) is 3.19. The number of fused-ring (bicyclic) bond motifs is 1. The van der Waals surface area contributed by atoms with Gasteiger partial charge in [-0.15, -0.1) is 21.5 Å². The van der Waals surface area contributed by atoms with Crippen LogP contribution >= 0.6 is 11.3 Å². The van der Waals surface area contributed by atoms with Crippen molar-refractivity contribution in [2.45, 2.75) is 19.5 Å². The summed E-state index contributed by atoms with van der Waals surface area (Å²) >= 11 is 1.63. The molecule has 6 heteroatoms. The molecule has 4 heterocycles. The minimum absolute atomic E-state index is 0.590. The van der Waals surface area contributed by atoms with Gasteiger partial charge in [0.2, 0.25) is 5.89 Å². The monoisotopic (exact) mass is 290 g/mol. The van der Waals surface area contributed by atoms with Crippen LogP contribution in [0.1, 0.15) is 12.8 Å². The molecule has 5 nitrogen and oxygen atoms in total. The van der Waals surface area contributed by atoms with Crippen LogP contribution in [0.4, 0.5) is 0 Å². The molecule has 2 aliphatic rings. The van der Waals surface area contributed by atoms with Gasteiger partial charge in [-0.3, -0.25) is 4.90 Å². The van der Waals surface area contributed by atoms with Gasteiger partial charge in [-0.05, 0) is 43.3 Å². The summed E-state index contributed by atoms with van der Waals surface area (Å²) in [6.07, 6.45) is 0. The number of likely N-dealkylation sites (tertiary alicyclic amines) is 1. The number of thiophene rings is 1. The lowest BCUT2D eigenvalue weighted by Gasteiger charge is -2.22. The summed E-state index contributed by atoms with van der Waals surface area (Å²) in [5.41, 5.74) is 0. The fourth-order valence-electron chi connectivity index (χ4n) is 3.46. The summed E-state index contributed by atoms with van der Waals surface area (Å²) < 4.78 is 5.79. The predicted octanol–water partition coefficient (Wildman–Crippen LogP) is 1.84. The first-order valence-electron chi connectivity index (χ1n) is 7.12. The maximum absolute atomic E-state index is 5.79. The van der Waals surface area contributed by atoms with Crippen LogP contribution in [-0.4, -0.2) is 40.8 Å². The molecule has 20 heavy (non-hydrogen) atoms. The summed E-state index contributed by atoms with van der Waals surface area (Å²) in [4.78, 5) is 3.52. The molecule has 0 aliphatic carbocycles. The van der Waals surface area contributed by atoms with E-state index in [9.17, 15) is 0 Å². The highest BCUT2D eigenvalue weighted by molar-refractivity contribution is 7.13. The van der Waals surface area contributed by atoms with E-state index in [0.717, 1.165) is 48.8 Å². The molecule has 2 aromatic rings. The van der Waals surface area contributed by atoms with Gasteiger partial charge in [0.05, 0.1) is 11.4 Å². The molecule has 2 saturated heterocycles. The number of nitrogens with zero attached hydrogens (tertiary/aromatic N) is 3. The van der Waals surface area contributed by atoms with Crippen LogP contribution in [0.3, 0.4) is 0 Å². The van der Waals surface area contributed by atoms with E-state index in [0.29, 0.717) is 11.9 Å². The first kappa shape index (κ1) is 12.5. The van der Waals surface area contributed by atoms with Gasteiger partial charge in [-0.2, -0.15) is 0 Å². The molecule has 0 aromatic carbocycles. The molecule has 2 fully saturated rings. The number of rotatable bonds is 3. The average molecular weight is 290 g/mol. The molecule has 2 aliphatic heterocycles. The van der Waals surface area contributed by atoms with Gasteiger partial charge in [0, 0.05) is 12.6 Å². The Labute approximate surface area is 122 Å². The molecular weight excluding hydrogens is 272 g/mol. The first-order valence-corrected chi connectivity index (χ1v) is 8.00. The van der Waals surface area contributed by atoms with Crippen LogP contribution in [0.25, 0.3) is 10.8 Å². The van der Waals surface area contributed by atoms with E-state index in [1.54, 1.807) is 11.3 Å². The van der Waals surface area contributed by atoms with Gasteiger partial charge in [-0.1, -0.05) is 6.07 Å². The van der Waals surface area contributed by atoms with Crippen LogP contribution < -0.4 is 5.32 Å². The van der Waals surface area contributed by atoms with E-state index < -0.39 is 0 Å². The van der Waals surface area contributed by atoms with E-state index in [1.807, 2.05) is 17.5 Å². The molecule has 3 atom stereocenters. The summed E-state index contributed by atoms with van der Waals surface area (Å²) in [6.45, 7) is 6.51. The Bertz CT molecular complexity index is 582. The molecule has 0 spiro atoms. The third kappa shape index (κ3) is 2.08. The highest BCUT2D eigenvalue weighted by Gasteiger charge is 2.41. The van der Waals surface area contributed by atoms with Gasteiger partial charge in [0.15, 0.2) is 0 Å². The molecule has 106 valence electrons. The lowest BCUT2D eigenvalue weighted by molar-refractivity contribution is 0.210. The molecule has 0 radical (unpaired) electrons. The molecule has 0 bridgehead atoms. The van der Waals surface area contributed by atoms with E-state index in [1.165, 1.54) is 0 Å². The molecule has 0 amide bonds. The van der Waals surface area contributed by atoms with Crippen LogP contribution in [0, 0.1) is 11.8 Å². The van der Waals surface area contributed by atoms with Crippen LogP contribution in [-0.2, 0) is 6.54 Å². The molecule has 1 N–H and O–H groups in total. The number of aromatic nitrogens is 2. The summed E-state index contributed by atoms with van der Waals surface area (Å²) in [6, 6.07) is 4.60. The van der Waals surface area contributed by atoms with Crippen LogP contribution in [0.5, 0.6) is 0 Å². The lowest BCUT2D eigenvalue weighted by Crippen LogP contribution is -2.32. The largest absolute Gasteiger partial charge is 0.419 e. The highest BCUT2D eigenvalue weighted by Crippen LogP contribution is 2.33. The number of nitrogens with one attached hydrogen (secondary N) is 1. The van der Waals surface area contributed by atoms with Crippen molar-refractivity contribution in [2.75, 3.05) is 19.6 Å². The second-order valence-electron chi connectivity index (χ2n) is 5.73. The fourth-order valence-corrected chi connectivity index (χ4v) is 4.10. The van der Waals surface area contributed by atoms with Gasteiger partial charge in [0.1, 0.15) is 0 Å². The molecule has 0 saturated carbocycles. The van der Waals surface area contributed by atoms with Crippen molar-refractivity contribution >= 4 is 11.3 Å². The second-order valence-corrected chi connectivity index (χ2v) is 6.68. The van der Waals surface area contributed by atoms with E-state index in [-0.39, 0.29) is 0 Å². The smallest absolute Gasteiger partial charge is 0.257 e. The standard InChI is InChI=1S/C14H18N4OS/c1-9-11-6-15-5-10(11)7-18(9)8-13-16-17-14(19-13)12-3-2-4-20-12/h2-4,9-11,15H,5-8H2,1H3. The maximum atomic E-state index is 5.79. The normalized spacial score (nSPS) is 29.9. The second kappa shape index (κ2) is 4.95. The van der Waals surface area contributed by atoms with E-state index in [4.69, 9.17) is 4.42 Å². The summed E-state index contributed by atoms with van der Waals surface area (Å²) in [7, 11) is 0. The van der Waals surface area contributed by atoms with Crippen molar-refractivity contribution in [1.82, 2.24) is 20.4 Å². The van der Waals surface area contributed by atoms with Gasteiger partial charge >= 0.3 is 0 Å². The van der Waals surface area contributed by atoms with Gasteiger partial charge < -0.3 is 9.73 Å². The topological polar surface area (TPSA) is 54.2 Å². The predicted molar refractivity (Wildman–Crippen MR) is 77.3 cm³/mol. The van der Waals surface area contributed by atoms with E-state index >= 15 is 0 Å². The van der Waals surface area contributed by atoms with E-state index in [2.05, 4.69) is 27.3 Å². The van der Waals surface area contributed by atoms with Crippen molar-refractivity contribution in [3.05, 3.63) is 23.4 Å². The van der Waals surface area contributed by atoms with Crippen molar-refractivity contribution in [3.63, 3.8) is 0 Å². The Balaban J connectivity index is 1.47. The Morgan fingerprint density at radius 2 is 2.40 bits per heavy atom. The lowest BCUT2D eigenvalue weighted by atomic mass is 9.95. The van der Waals surface area contributed by atoms with Crippen molar-refractivity contribution in [2.24, 2.45) is 11.8 Å². The quantitative estimate of drug-likeness (QED) is 0.935. The van der Waals surface area contributed by atoms with Gasteiger partial charge in [0.25, 0.3) is 5.89 Å². The Hall–Kier alpha value is -1.24. The highest BCUT2D eigenvalue weighted by atomic mass is 32.1. The number of hydrogen-bond donors (Lipinski definition) is 1. The zero-order valence-corrected chi connectivity index (χ0v) is 12.3. The van der Waals surface area contributed by atoms with Crippen molar-refractivity contribution in [3.8, 4) is 10.8 Å². The third-order valence-corrected chi connectivity index (χ3v) is 5.45. The Kier molecular flexibility index (Phi) is 3.09. The summed E-state index contributed by atoms with van der Waals surface area (Å²) in [5, 5.41) is 13.9. The Morgan fingerprint density at radius 1 is 1.45 bits per heavy atom. The third-order valence-electron chi connectivity index (χ3n) is 4.59. The Morgan fingerprint density at radius 3 is 3.20 bits per heavy atom. The molecule has 3 unspecified atom stereocenters. The first-order chi connectivity index (χ1) is 9.81. The molecular formula is C14H18N4OS. The van der Waals surface area contributed by atoms with Crippen LogP contribution in [0.2, 0.25) is 0 Å². The zero-order valence-electron chi connectivity index (χ0n) is 11.5. The minimum atomic E-state index is 0.590. The summed E-state index contributed by atoms with van der Waals surface area (Å²) in [5.74, 6) is 2.93. The minimum Gasteiger partial charge on any atom is -0.419 e. The van der Waals surface area contributed by atoms with Crippen molar-refractivity contribution < 1.29 is 4.42 Å². The number of hydrogen-bond acceptors (Lipinski definition) is 6. The van der Waals surface area contributed by atoms with Crippen LogP contribution in [0.15, 0.2) is 21.9 Å².